The molecule has 0 spiro atoms. The van der Waals surface area contributed by atoms with E-state index >= 15 is 0 Å². The van der Waals surface area contributed by atoms with Crippen LogP contribution in [0.3, 0.4) is 0 Å². The highest BCUT2D eigenvalue weighted by molar-refractivity contribution is 5.27. The van der Waals surface area contributed by atoms with E-state index < -0.39 is 11.7 Å². The van der Waals surface area contributed by atoms with Crippen LogP contribution in [0.2, 0.25) is 0 Å². The fourth-order valence-electron chi connectivity index (χ4n) is 2.82. The van der Waals surface area contributed by atoms with Crippen LogP contribution < -0.4 is 0 Å². The summed E-state index contributed by atoms with van der Waals surface area (Å²) < 4.78 is 39.6. The molecule has 7 heteroatoms. The maximum absolute atomic E-state index is 12.6. The van der Waals surface area contributed by atoms with Gasteiger partial charge in [-0.05, 0) is 30.5 Å². The molecule has 0 saturated carbocycles. The van der Waals surface area contributed by atoms with E-state index in [-0.39, 0.29) is 12.5 Å². The van der Waals surface area contributed by atoms with Gasteiger partial charge in [-0.2, -0.15) is 13.2 Å². The molecule has 0 aliphatic carbocycles. The van der Waals surface area contributed by atoms with Gasteiger partial charge in [0.25, 0.3) is 0 Å². The van der Waals surface area contributed by atoms with Crippen LogP contribution in [0.1, 0.15) is 41.5 Å². The fourth-order valence-corrected chi connectivity index (χ4v) is 2.82. The van der Waals surface area contributed by atoms with Crippen molar-refractivity contribution in [3.05, 3.63) is 47.0 Å². The minimum Gasteiger partial charge on any atom is -0.396 e. The number of aliphatic hydroxyl groups excluding tert-OH is 1. The van der Waals surface area contributed by atoms with E-state index in [1.165, 1.54) is 12.1 Å². The van der Waals surface area contributed by atoms with Crippen LogP contribution in [0.15, 0.2) is 24.3 Å². The van der Waals surface area contributed by atoms with Crippen LogP contribution in [0, 0.1) is 0 Å². The number of fused-ring (bicyclic) bond motifs is 1. The van der Waals surface area contributed by atoms with Crippen molar-refractivity contribution in [3.63, 3.8) is 0 Å². The fraction of sp³-hybridized carbons (Fsp3) is 0.467. The molecule has 1 atom stereocenters. The number of hydrogen-bond donors (Lipinski definition) is 1. The van der Waals surface area contributed by atoms with Gasteiger partial charge in [-0.1, -0.05) is 12.1 Å². The molecule has 2 heterocycles. The first kappa shape index (κ1) is 15.0. The summed E-state index contributed by atoms with van der Waals surface area (Å²) in [6.45, 7) is 0.827. The molecule has 118 valence electrons. The molecule has 4 nitrogen and oxygen atoms in total. The van der Waals surface area contributed by atoms with Crippen molar-refractivity contribution in [2.45, 2.75) is 37.9 Å². The number of benzene rings is 1. The van der Waals surface area contributed by atoms with Crippen LogP contribution in [0.4, 0.5) is 13.2 Å². The quantitative estimate of drug-likeness (QED) is 0.948. The second kappa shape index (κ2) is 5.72. The van der Waals surface area contributed by atoms with E-state index in [9.17, 15) is 18.3 Å². The molecule has 3 rings (SSSR count). The van der Waals surface area contributed by atoms with E-state index in [4.69, 9.17) is 0 Å². The van der Waals surface area contributed by atoms with Crippen molar-refractivity contribution >= 4 is 0 Å². The van der Waals surface area contributed by atoms with Crippen LogP contribution in [0.25, 0.3) is 0 Å². The maximum Gasteiger partial charge on any atom is 0.416 e. The SMILES string of the molecule is OCC1CCCn2c(Cc3ccc(C(F)(F)F)cc3)nnc21. The summed E-state index contributed by atoms with van der Waals surface area (Å²) >= 11 is 0. The number of nitrogens with zero attached hydrogens (tertiary/aromatic N) is 3. The van der Waals surface area contributed by atoms with E-state index in [1.807, 2.05) is 4.57 Å². The topological polar surface area (TPSA) is 50.9 Å². The van der Waals surface area contributed by atoms with Gasteiger partial charge in [-0.15, -0.1) is 10.2 Å². The Balaban J connectivity index is 1.81. The predicted octanol–water partition coefficient (Wildman–Crippen LogP) is 2.76. The van der Waals surface area contributed by atoms with Crippen LogP contribution in [-0.4, -0.2) is 26.5 Å². The first-order valence-electron chi connectivity index (χ1n) is 7.18. The summed E-state index contributed by atoms with van der Waals surface area (Å²) in [5, 5.41) is 17.6. The molecular formula is C15H16F3N3O. The highest BCUT2D eigenvalue weighted by Gasteiger charge is 2.30. The van der Waals surface area contributed by atoms with Crippen molar-refractivity contribution in [1.29, 1.82) is 0 Å². The molecule has 1 N–H and O–H groups in total. The Morgan fingerprint density at radius 2 is 1.91 bits per heavy atom. The van der Waals surface area contributed by atoms with Gasteiger partial charge in [0.15, 0.2) is 0 Å². The minimum absolute atomic E-state index is 0.00241. The van der Waals surface area contributed by atoms with E-state index in [2.05, 4.69) is 10.2 Å². The summed E-state index contributed by atoms with van der Waals surface area (Å²) in [6.07, 6.45) is -2.06. The molecule has 0 fully saturated rings. The predicted molar refractivity (Wildman–Crippen MR) is 73.3 cm³/mol. The van der Waals surface area contributed by atoms with Crippen molar-refractivity contribution in [2.24, 2.45) is 0 Å². The molecule has 1 aliphatic heterocycles. The van der Waals surface area contributed by atoms with E-state index in [1.54, 1.807) is 0 Å². The summed E-state index contributed by atoms with van der Waals surface area (Å²) in [5.74, 6) is 1.51. The highest BCUT2D eigenvalue weighted by Crippen LogP contribution is 2.30. The number of rotatable bonds is 3. The Hall–Kier alpha value is -1.89. The standard InChI is InChI=1S/C15H16F3N3O/c16-15(17,18)12-5-3-10(4-6-12)8-13-19-20-14-11(9-22)2-1-7-21(13)14/h3-6,11,22H,1-2,7-9H2. The molecule has 0 amide bonds. The first-order chi connectivity index (χ1) is 10.5. The Kier molecular flexibility index (Phi) is 3.90. The Bertz CT molecular complexity index is 649. The summed E-state index contributed by atoms with van der Waals surface area (Å²) in [4.78, 5) is 0. The number of aromatic nitrogens is 3. The lowest BCUT2D eigenvalue weighted by Crippen LogP contribution is -2.20. The van der Waals surface area contributed by atoms with Gasteiger partial charge >= 0.3 is 6.18 Å². The summed E-state index contributed by atoms with van der Waals surface area (Å²) in [6, 6.07) is 5.10. The van der Waals surface area contributed by atoms with Gasteiger partial charge in [0.05, 0.1) is 12.2 Å². The third-order valence-electron chi connectivity index (χ3n) is 4.02. The summed E-state index contributed by atoms with van der Waals surface area (Å²) in [7, 11) is 0. The van der Waals surface area contributed by atoms with Gasteiger partial charge < -0.3 is 9.67 Å². The lowest BCUT2D eigenvalue weighted by molar-refractivity contribution is -0.137. The molecule has 1 aromatic heterocycles. The van der Waals surface area contributed by atoms with Crippen molar-refractivity contribution in [1.82, 2.24) is 14.8 Å². The van der Waals surface area contributed by atoms with Crippen LogP contribution in [0.5, 0.6) is 0 Å². The molecule has 0 radical (unpaired) electrons. The van der Waals surface area contributed by atoms with Gasteiger partial charge in [-0.25, -0.2) is 0 Å². The third-order valence-corrected chi connectivity index (χ3v) is 4.02. The van der Waals surface area contributed by atoms with Crippen molar-refractivity contribution in [2.75, 3.05) is 6.61 Å². The molecule has 0 bridgehead atoms. The lowest BCUT2D eigenvalue weighted by atomic mass is 9.99. The summed E-state index contributed by atoms with van der Waals surface area (Å²) in [5.41, 5.74) is 0.106. The Morgan fingerprint density at radius 1 is 1.18 bits per heavy atom. The van der Waals surface area contributed by atoms with Crippen molar-refractivity contribution < 1.29 is 18.3 Å². The normalized spacial score (nSPS) is 18.3. The van der Waals surface area contributed by atoms with Gasteiger partial charge in [0, 0.05) is 18.9 Å². The molecule has 0 saturated heterocycles. The van der Waals surface area contributed by atoms with E-state index in [0.717, 1.165) is 48.7 Å². The zero-order valence-corrected chi connectivity index (χ0v) is 11.8. The largest absolute Gasteiger partial charge is 0.416 e. The zero-order valence-electron chi connectivity index (χ0n) is 11.8. The molecule has 1 aliphatic rings. The van der Waals surface area contributed by atoms with Gasteiger partial charge in [0.1, 0.15) is 11.6 Å². The minimum atomic E-state index is -4.32. The van der Waals surface area contributed by atoms with Crippen LogP contribution in [-0.2, 0) is 19.1 Å². The second-order valence-electron chi connectivity index (χ2n) is 5.52. The molecular weight excluding hydrogens is 295 g/mol. The van der Waals surface area contributed by atoms with Crippen molar-refractivity contribution in [3.8, 4) is 0 Å². The number of aliphatic hydroxyl groups is 1. The molecule has 1 aromatic carbocycles. The monoisotopic (exact) mass is 311 g/mol. The van der Waals surface area contributed by atoms with Gasteiger partial charge in [0.2, 0.25) is 0 Å². The van der Waals surface area contributed by atoms with Crippen LogP contribution >= 0.6 is 0 Å². The number of halogens is 3. The smallest absolute Gasteiger partial charge is 0.396 e. The highest BCUT2D eigenvalue weighted by atomic mass is 19.4. The second-order valence-corrected chi connectivity index (χ2v) is 5.52. The molecule has 2 aromatic rings. The third kappa shape index (κ3) is 2.85. The zero-order chi connectivity index (χ0) is 15.7. The molecule has 1 unspecified atom stereocenters. The number of alkyl halides is 3. The maximum atomic E-state index is 12.6. The molecule has 22 heavy (non-hydrogen) atoms. The van der Waals surface area contributed by atoms with E-state index in [0.29, 0.717) is 6.42 Å². The Morgan fingerprint density at radius 3 is 2.55 bits per heavy atom. The first-order valence-corrected chi connectivity index (χ1v) is 7.18. The number of hydrogen-bond acceptors (Lipinski definition) is 3. The lowest BCUT2D eigenvalue weighted by Gasteiger charge is -2.21. The van der Waals surface area contributed by atoms with Gasteiger partial charge in [-0.3, -0.25) is 0 Å². The Labute approximate surface area is 125 Å². The average molecular weight is 311 g/mol. The average Bonchev–Trinajstić information content (AvgIpc) is 2.90.